The molecule has 0 bridgehead atoms. The zero-order valence-corrected chi connectivity index (χ0v) is 25.5. The number of rotatable bonds is 14. The highest BCUT2D eigenvalue weighted by atomic mass is 16.6. The Hall–Kier alpha value is -2.98. The van der Waals surface area contributed by atoms with E-state index in [1.54, 1.807) is 20.8 Å². The largest absolute Gasteiger partial charge is 0.444 e. The van der Waals surface area contributed by atoms with Gasteiger partial charge >= 0.3 is 6.09 Å². The summed E-state index contributed by atoms with van der Waals surface area (Å²) in [7, 11) is 1.50. The normalized spacial score (nSPS) is 15.7. The van der Waals surface area contributed by atoms with E-state index in [2.05, 4.69) is 16.0 Å². The highest BCUT2D eigenvalue weighted by Crippen LogP contribution is 2.22. The minimum Gasteiger partial charge on any atom is -0.444 e. The summed E-state index contributed by atoms with van der Waals surface area (Å²) in [5.74, 6) is -0.301. The smallest absolute Gasteiger partial charge is 0.407 e. The van der Waals surface area contributed by atoms with Gasteiger partial charge in [-0.25, -0.2) is 4.79 Å². The Morgan fingerprint density at radius 2 is 1.20 bits per heavy atom. The Morgan fingerprint density at radius 1 is 0.756 bits per heavy atom. The van der Waals surface area contributed by atoms with Crippen LogP contribution in [-0.2, 0) is 27.1 Å². The van der Waals surface area contributed by atoms with Gasteiger partial charge in [0.1, 0.15) is 11.7 Å². The Labute approximate surface area is 245 Å². The Morgan fingerprint density at radius 3 is 1.59 bits per heavy atom. The number of amides is 2. The van der Waals surface area contributed by atoms with Crippen molar-refractivity contribution >= 4 is 12.0 Å². The first kappa shape index (κ1) is 34.2. The number of hydrogen-bond acceptors (Lipinski definition) is 7. The molecule has 0 aliphatic rings. The molecule has 9 heteroatoms. The lowest BCUT2D eigenvalue weighted by molar-refractivity contribution is -0.138. The van der Waals surface area contributed by atoms with Crippen molar-refractivity contribution in [3.05, 3.63) is 71.8 Å². The van der Waals surface area contributed by atoms with Crippen molar-refractivity contribution in [1.82, 2.24) is 16.0 Å². The topological polar surface area (TPSA) is 129 Å². The third-order valence-corrected chi connectivity index (χ3v) is 6.52. The molecule has 41 heavy (non-hydrogen) atoms. The van der Waals surface area contributed by atoms with Crippen molar-refractivity contribution in [2.75, 3.05) is 20.2 Å². The second kappa shape index (κ2) is 15.9. The molecule has 0 spiro atoms. The van der Waals surface area contributed by atoms with Crippen molar-refractivity contribution in [2.45, 2.75) is 90.4 Å². The lowest BCUT2D eigenvalue weighted by Crippen LogP contribution is -2.55. The molecule has 0 aromatic heterocycles. The predicted octanol–water partition coefficient (Wildman–Crippen LogP) is 3.22. The fraction of sp³-hybridized carbons (Fsp3) is 0.562. The molecule has 0 saturated carbocycles. The van der Waals surface area contributed by atoms with Crippen LogP contribution in [0.5, 0.6) is 0 Å². The molecule has 0 heterocycles. The number of carbonyl (C=O) groups is 2. The van der Waals surface area contributed by atoms with Gasteiger partial charge in [0, 0.05) is 20.2 Å². The van der Waals surface area contributed by atoms with Crippen LogP contribution in [0.2, 0.25) is 0 Å². The second-order valence-electron chi connectivity index (χ2n) is 12.5. The monoisotopic (exact) mass is 571 g/mol. The number of ether oxygens (including phenoxy) is 2. The van der Waals surface area contributed by atoms with Crippen LogP contribution in [0.15, 0.2) is 60.7 Å². The number of hydrogen-bond donors (Lipinski definition) is 5. The fourth-order valence-electron chi connectivity index (χ4n) is 4.54. The highest BCUT2D eigenvalue weighted by Gasteiger charge is 2.34. The quantitative estimate of drug-likeness (QED) is 0.236. The summed E-state index contributed by atoms with van der Waals surface area (Å²) in [6, 6.07) is 17.9. The van der Waals surface area contributed by atoms with Crippen LogP contribution >= 0.6 is 0 Å². The van der Waals surface area contributed by atoms with Gasteiger partial charge in [-0.3, -0.25) is 4.79 Å². The van der Waals surface area contributed by atoms with Gasteiger partial charge in [-0.05, 0) is 50.2 Å². The zero-order valence-electron chi connectivity index (χ0n) is 25.5. The minimum atomic E-state index is -0.976. The molecule has 0 radical (unpaired) electrons. The minimum absolute atomic E-state index is 0.0963. The van der Waals surface area contributed by atoms with Gasteiger partial charge < -0.3 is 35.6 Å². The van der Waals surface area contributed by atoms with Gasteiger partial charge in [0.2, 0.25) is 5.91 Å². The molecular weight excluding hydrogens is 522 g/mol. The molecule has 0 fully saturated rings. The van der Waals surface area contributed by atoms with E-state index in [9.17, 15) is 19.8 Å². The first-order valence-corrected chi connectivity index (χ1v) is 14.2. The average Bonchev–Trinajstić information content (AvgIpc) is 2.87. The second-order valence-corrected chi connectivity index (χ2v) is 12.5. The molecule has 2 unspecified atom stereocenters. The van der Waals surface area contributed by atoms with E-state index in [1.807, 2.05) is 81.4 Å². The fourth-order valence-corrected chi connectivity index (χ4v) is 4.54. The molecular formula is C32H49N3O6. The summed E-state index contributed by atoms with van der Waals surface area (Å²) in [6.45, 7) is 11.3. The van der Waals surface area contributed by atoms with Gasteiger partial charge in [0.15, 0.2) is 0 Å². The number of carbonyl (C=O) groups excluding carboxylic acids is 2. The maximum absolute atomic E-state index is 13.1. The Bertz CT molecular complexity index is 1050. The predicted molar refractivity (Wildman–Crippen MR) is 161 cm³/mol. The van der Waals surface area contributed by atoms with E-state index in [4.69, 9.17) is 9.47 Å². The summed E-state index contributed by atoms with van der Waals surface area (Å²) in [5, 5.41) is 31.1. The highest BCUT2D eigenvalue weighted by molar-refractivity contribution is 5.82. The molecule has 2 amide bonds. The molecule has 2 aromatic carbocycles. The van der Waals surface area contributed by atoms with Crippen LogP contribution in [0.4, 0.5) is 4.79 Å². The Kier molecular flexibility index (Phi) is 13.2. The molecule has 2 rings (SSSR count). The summed E-state index contributed by atoms with van der Waals surface area (Å²) in [5.41, 5.74) is 0.802. The van der Waals surface area contributed by atoms with Crippen LogP contribution in [0.3, 0.4) is 0 Å². The molecule has 9 nitrogen and oxygen atoms in total. The van der Waals surface area contributed by atoms with E-state index < -0.39 is 47.5 Å². The molecule has 0 aliphatic carbocycles. The third-order valence-electron chi connectivity index (χ3n) is 6.52. The average molecular weight is 572 g/mol. The van der Waals surface area contributed by atoms with Gasteiger partial charge in [0.05, 0.1) is 24.3 Å². The first-order valence-electron chi connectivity index (χ1n) is 14.2. The van der Waals surface area contributed by atoms with Crippen LogP contribution in [0.1, 0.15) is 52.7 Å². The van der Waals surface area contributed by atoms with Crippen LogP contribution < -0.4 is 16.0 Å². The lowest BCUT2D eigenvalue weighted by atomic mass is 9.88. The van der Waals surface area contributed by atoms with Crippen molar-refractivity contribution in [2.24, 2.45) is 5.41 Å². The van der Waals surface area contributed by atoms with Gasteiger partial charge in [0.25, 0.3) is 0 Å². The standard InChI is InChI=1S/C32H49N3O6/c1-31(2,3)28(40-7)29(38)34-24(18-22-14-10-8-11-15-22)26(36)20-33-21-27(37)25(19-23-16-12-9-13-17-23)35-30(39)41-32(4,5)6/h8-17,24-28,33,36-37H,18-21H2,1-7H3,(H,34,38)(H,35,39)/t24-,25+,26?,27+,28?/m1/s1. The summed E-state index contributed by atoms with van der Waals surface area (Å²) in [6.07, 6.45) is -2.44. The van der Waals surface area contributed by atoms with E-state index >= 15 is 0 Å². The van der Waals surface area contributed by atoms with E-state index in [-0.39, 0.29) is 19.0 Å². The molecule has 5 N–H and O–H groups in total. The van der Waals surface area contributed by atoms with Crippen LogP contribution in [0.25, 0.3) is 0 Å². The van der Waals surface area contributed by atoms with Crippen molar-refractivity contribution in [3.63, 3.8) is 0 Å². The van der Waals surface area contributed by atoms with Gasteiger partial charge in [-0.15, -0.1) is 0 Å². The summed E-state index contributed by atoms with van der Waals surface area (Å²) < 4.78 is 10.9. The lowest BCUT2D eigenvalue weighted by Gasteiger charge is -2.32. The number of nitrogens with one attached hydrogen (secondary N) is 3. The maximum atomic E-state index is 13.1. The molecule has 2 aromatic rings. The number of methoxy groups -OCH3 is 1. The SMILES string of the molecule is COC(C(=O)N[C@H](Cc1ccccc1)C(O)CNC[C@H](O)[C@H](Cc1ccccc1)NC(=O)OC(C)(C)C)C(C)(C)C. The first-order chi connectivity index (χ1) is 19.2. The van der Waals surface area contributed by atoms with Crippen molar-refractivity contribution in [3.8, 4) is 0 Å². The zero-order chi connectivity index (χ0) is 30.6. The summed E-state index contributed by atoms with van der Waals surface area (Å²) in [4.78, 5) is 25.6. The molecule has 0 saturated heterocycles. The number of aliphatic hydroxyl groups excluding tert-OH is 2. The van der Waals surface area contributed by atoms with E-state index in [0.717, 1.165) is 11.1 Å². The van der Waals surface area contributed by atoms with Crippen molar-refractivity contribution in [1.29, 1.82) is 0 Å². The van der Waals surface area contributed by atoms with Gasteiger partial charge in [-0.2, -0.15) is 0 Å². The van der Waals surface area contributed by atoms with Crippen molar-refractivity contribution < 1.29 is 29.3 Å². The summed E-state index contributed by atoms with van der Waals surface area (Å²) >= 11 is 0. The Balaban J connectivity index is 2.08. The number of alkyl carbamates (subject to hydrolysis) is 1. The number of aliphatic hydroxyl groups is 2. The van der Waals surface area contributed by atoms with Crippen LogP contribution in [-0.4, -0.2) is 78.4 Å². The third kappa shape index (κ3) is 12.6. The maximum Gasteiger partial charge on any atom is 0.407 e. The van der Waals surface area contributed by atoms with E-state index in [1.165, 1.54) is 7.11 Å². The molecule has 5 atom stereocenters. The molecule has 0 aliphatic heterocycles. The van der Waals surface area contributed by atoms with Crippen LogP contribution in [0, 0.1) is 5.41 Å². The van der Waals surface area contributed by atoms with E-state index in [0.29, 0.717) is 12.8 Å². The number of benzene rings is 2. The molecule has 228 valence electrons. The van der Waals surface area contributed by atoms with Gasteiger partial charge in [-0.1, -0.05) is 81.4 Å².